The molecule has 0 rings (SSSR count). The van der Waals surface area contributed by atoms with E-state index < -0.39 is 0 Å². The molecule has 0 aliphatic rings. The number of hydrogen-bond acceptors (Lipinski definition) is 2. The zero-order chi connectivity index (χ0) is 2.00. The van der Waals surface area contributed by atoms with Gasteiger partial charge in [0.2, 0.25) is 0 Å². The summed E-state index contributed by atoms with van der Waals surface area (Å²) in [5, 5.41) is 6.50. The summed E-state index contributed by atoms with van der Waals surface area (Å²) in [6, 6.07) is 0. The molecule has 1 unspecified atom stereocenters. The van der Waals surface area contributed by atoms with E-state index in [4.69, 9.17) is 5.21 Å². The van der Waals surface area contributed by atoms with Crippen LogP contribution in [0.2, 0.25) is 0 Å². The summed E-state index contributed by atoms with van der Waals surface area (Å²) in [6.45, 7) is 0. The normalized spacial score (nSPS) is 0.140. The van der Waals surface area contributed by atoms with E-state index in [9.17, 15) is 0 Å². The zero-order valence-electron chi connectivity index (χ0n) is 2.45. The van der Waals surface area contributed by atoms with Crippen LogP contribution in [-0.2, 0) is 18.6 Å². The second-order valence-corrected chi connectivity index (χ2v) is 0. The van der Waals surface area contributed by atoms with Crippen LogP contribution in [-0.4, -0.2) is 5.21 Å². The first kappa shape index (κ1) is 86500. The van der Waals surface area contributed by atoms with E-state index in [0.717, 1.165) is 0 Å². The second-order valence-electron chi connectivity index (χ2n) is 0. The summed E-state index contributed by atoms with van der Waals surface area (Å²) in [7, 11) is 0. The van der Waals surface area contributed by atoms with Crippen molar-refractivity contribution >= 4 is 9.90 Å². The molecule has 0 aromatic rings. The van der Waals surface area contributed by atoms with Crippen molar-refractivity contribution in [1.29, 1.82) is 0 Å². The van der Waals surface area contributed by atoms with E-state index in [1.54, 1.807) is 0 Å². The first-order valence-corrected chi connectivity index (χ1v) is 0.258. The summed E-state index contributed by atoms with van der Waals surface area (Å²) in [6.07, 6.45) is 0. The number of hydrogen-bond donors (Lipinski definition) is 2. The van der Waals surface area contributed by atoms with Gasteiger partial charge in [0.1, 0.15) is 0 Å². The fraction of sp³-hybridized carbons (Fsp3) is 1.00. The molecule has 0 fully saturated rings. The SMILES string of the molecule is C.C.C.C.C.C.C.C.C.C.C.C.C.C.C.C.C.C.C.C.C.C.C.C.C.C.C.C.C.C.C.C.C.C.C.C.C.C.NO.P.[No].[V]. The molecule has 345 valence electrons. The molecule has 0 aliphatic carbocycles. The Morgan fingerprint density at radius 3 is 0.163 bits per heavy atom. The van der Waals surface area contributed by atoms with Crippen LogP contribution in [0.25, 0.3) is 0 Å². The van der Waals surface area contributed by atoms with Gasteiger partial charge in [-0.2, -0.15) is 9.90 Å². The van der Waals surface area contributed by atoms with Crippen LogP contribution >= 0.6 is 9.90 Å². The van der Waals surface area contributed by atoms with E-state index in [1.165, 1.54) is 0 Å². The van der Waals surface area contributed by atoms with E-state index in [-0.39, 0.29) is 311 Å². The smallest absolute Gasteiger partial charge is 0 e. The standard InChI is InChI=1S/38CH4.H3NO.No.H3P.V/c;;;;;;;;;;;;;;;;;;;;;;;;;;;;;;;;;;;;;;1-2;;;/h38*1H4;2H,1H2;;1H3;. The topological polar surface area (TPSA) is 46.2 Å². The Kier molecular flexibility index (Phi) is 32900000000. The minimum atomic E-state index is 0. The van der Waals surface area contributed by atoms with Crippen molar-refractivity contribution in [3.05, 3.63) is 0 Å². The van der Waals surface area contributed by atoms with Crippen LogP contribution < -0.4 is 5.90 Å². The van der Waals surface area contributed by atoms with Gasteiger partial charge in [-0.05, 0) is 0 Å². The summed E-state index contributed by atoms with van der Waals surface area (Å²) >= 11 is 0. The molecule has 43 heavy (non-hydrogen) atoms. The third kappa shape index (κ3) is 15500000. The van der Waals surface area contributed by atoms with Gasteiger partial charge in [0, 0.05) is 18.6 Å². The molecule has 0 amide bonds. The van der Waals surface area contributed by atoms with Crippen LogP contribution in [0.5, 0.6) is 0 Å². The molecule has 2 nitrogen and oxygen atoms in total. The molecule has 0 aromatic carbocycles. The van der Waals surface area contributed by atoms with Crippen molar-refractivity contribution in [3.8, 4) is 0 Å². The summed E-state index contributed by atoms with van der Waals surface area (Å²) in [4.78, 5) is 0. The van der Waals surface area contributed by atoms with Crippen molar-refractivity contribution in [2.24, 2.45) is 5.90 Å². The molecule has 0 aliphatic heterocycles. The van der Waals surface area contributed by atoms with Crippen LogP contribution in [0, 0.1) is 0 Å². The molecule has 5 heteroatoms. The molecule has 0 bridgehead atoms. The summed E-state index contributed by atoms with van der Waals surface area (Å²) < 4.78 is 0. The van der Waals surface area contributed by atoms with Crippen molar-refractivity contribution in [3.63, 3.8) is 0 Å². The molecule has 0 aromatic heterocycles. The fourth-order valence-electron chi connectivity index (χ4n) is 0. The van der Waals surface area contributed by atoms with E-state index in [0.29, 0.717) is 0 Å². The molecule has 0 saturated heterocycles. The van der Waals surface area contributed by atoms with E-state index in [2.05, 4.69) is 5.90 Å². The molecule has 0 spiro atoms. The van der Waals surface area contributed by atoms with Crippen molar-refractivity contribution < 1.29 is 23.8 Å². The minimum absolute atomic E-state index is 0. The fourth-order valence-corrected chi connectivity index (χ4v) is 0. The second kappa shape index (κ2) is 16300000. The third-order valence-electron chi connectivity index (χ3n) is 0. The van der Waals surface area contributed by atoms with Gasteiger partial charge in [0.15, 0.2) is 0 Å². The number of nitrogens with two attached hydrogens (primary N) is 1. The Morgan fingerprint density at radius 1 is 0.163 bits per heavy atom. The van der Waals surface area contributed by atoms with Crippen molar-refractivity contribution in [1.82, 2.24) is 0 Å². The average Bonchev–Trinajstić information content (AvgIpc) is 1.00. The summed E-state index contributed by atoms with van der Waals surface area (Å²) in [5.74, 6) is 3.50. The van der Waals surface area contributed by atoms with E-state index in [1.807, 2.05) is 0 Å². The Morgan fingerprint density at radius 2 is 0.163 bits per heavy atom. The minimum Gasteiger partial charge on any atom is -0.320 e. The largest absolute Gasteiger partial charge is 0.320 e. The molecule has 0 heterocycles. The maximum atomic E-state index is 6.50. The maximum absolute atomic E-state index is 6.50. The average molecular weight is 987 g/mol. The van der Waals surface area contributed by atoms with Gasteiger partial charge < -0.3 is 5.21 Å². The maximum Gasteiger partial charge on any atom is 0 e. The molecule has 0 saturated carbocycles. The van der Waals surface area contributed by atoms with Crippen molar-refractivity contribution in [2.45, 2.75) is 282 Å². The zero-order valence-corrected chi connectivity index (χ0v) is 7.48. The van der Waals surface area contributed by atoms with Gasteiger partial charge >= 0.3 is 0 Å². The molecule has 1 atom stereocenters. The van der Waals surface area contributed by atoms with Gasteiger partial charge in [0.05, 0.1) is 0 Å². The molecule has 1 radical (unpaired) electrons. The van der Waals surface area contributed by atoms with Crippen LogP contribution in [0.15, 0.2) is 0 Å². The third-order valence-corrected chi connectivity index (χ3v) is 0. The van der Waals surface area contributed by atoms with Crippen LogP contribution in [0.4, 0.5) is 0 Å². The quantitative estimate of drug-likeness (QED) is 0.188. The van der Waals surface area contributed by atoms with Crippen LogP contribution in [0.3, 0.4) is 0 Å². The first-order valence-electron chi connectivity index (χ1n) is 0.258. The molecular formula is C38H158NNoOPV. The molecular weight excluding hydrogens is 827 g/mol. The first-order chi connectivity index (χ1) is 1.00. The van der Waals surface area contributed by atoms with E-state index >= 15 is 0 Å². The van der Waals surface area contributed by atoms with Crippen LogP contribution in [0.1, 0.15) is 282 Å². The van der Waals surface area contributed by atoms with Gasteiger partial charge in [-0.1, -0.05) is 282 Å². The van der Waals surface area contributed by atoms with Gasteiger partial charge in [-0.3, -0.25) is 0 Å². The van der Waals surface area contributed by atoms with Gasteiger partial charge in [-0.25, -0.2) is 5.90 Å². The Labute approximate surface area is 320 Å². The summed E-state index contributed by atoms with van der Waals surface area (Å²) in [5.41, 5.74) is 0. The Balaban J connectivity index is -0.00000000000610. The monoisotopic (exact) mass is 986 g/mol. The Bertz CT molecular complexity index is 33.9. The van der Waals surface area contributed by atoms with Crippen molar-refractivity contribution in [2.75, 3.05) is 0 Å². The predicted octanol–water partition coefficient (Wildman–Crippen LogP) is 23.6. The van der Waals surface area contributed by atoms with Gasteiger partial charge in [-0.15, -0.1) is 0 Å². The molecule has 3 N–H and O–H groups in total. The Hall–Kier alpha value is -0.0656. The predicted molar refractivity (Wildman–Crippen MR) is 273 cm³/mol. The number of rotatable bonds is 0. The van der Waals surface area contributed by atoms with Gasteiger partial charge in [0.25, 0.3) is 0 Å².